The number of fused-ring (bicyclic) bond motifs is 4. The van der Waals surface area contributed by atoms with Crippen molar-refractivity contribution in [2.45, 2.75) is 38.1 Å². The molecule has 2 amide bonds. The first-order chi connectivity index (χ1) is 16.5. The minimum Gasteiger partial charge on any atom is -0.481 e. The number of benzene rings is 2. The second kappa shape index (κ2) is 9.12. The summed E-state index contributed by atoms with van der Waals surface area (Å²) in [7, 11) is 0. The number of aliphatic carboxylic acids is 1. The fraction of sp³-hybridized carbons (Fsp3) is 0.444. The average Bonchev–Trinajstić information content (AvgIpc) is 3.49. The van der Waals surface area contributed by atoms with Gasteiger partial charge in [0.2, 0.25) is 5.91 Å². The normalized spacial score (nSPS) is 23.3. The fourth-order valence-corrected chi connectivity index (χ4v) is 5.85. The second-order valence-electron chi connectivity index (χ2n) is 9.58. The van der Waals surface area contributed by atoms with Crippen molar-refractivity contribution in [1.29, 1.82) is 0 Å². The highest BCUT2D eigenvalue weighted by atomic mass is 16.5. The first-order valence-corrected chi connectivity index (χ1v) is 12.1. The van der Waals surface area contributed by atoms with E-state index in [9.17, 15) is 19.5 Å². The van der Waals surface area contributed by atoms with Crippen molar-refractivity contribution in [3.05, 3.63) is 59.7 Å². The van der Waals surface area contributed by atoms with Gasteiger partial charge in [0.15, 0.2) is 0 Å². The van der Waals surface area contributed by atoms with E-state index >= 15 is 0 Å². The Morgan fingerprint density at radius 3 is 2.32 bits per heavy atom. The van der Waals surface area contributed by atoms with Gasteiger partial charge in [-0.2, -0.15) is 0 Å². The van der Waals surface area contributed by atoms with E-state index in [0.717, 1.165) is 28.7 Å². The van der Waals surface area contributed by atoms with Crippen molar-refractivity contribution in [1.82, 2.24) is 10.2 Å². The fourth-order valence-electron chi connectivity index (χ4n) is 5.85. The van der Waals surface area contributed by atoms with Gasteiger partial charge in [-0.05, 0) is 46.9 Å². The Kier molecular flexibility index (Phi) is 6.02. The molecule has 7 heteroatoms. The zero-order chi connectivity index (χ0) is 23.8. The zero-order valence-corrected chi connectivity index (χ0v) is 19.3. The molecule has 4 atom stereocenters. The highest BCUT2D eigenvalue weighted by Gasteiger charge is 2.57. The third-order valence-corrected chi connectivity index (χ3v) is 7.60. The van der Waals surface area contributed by atoms with E-state index in [0.29, 0.717) is 25.9 Å². The third kappa shape index (κ3) is 4.04. The molecule has 2 aliphatic carbocycles. The summed E-state index contributed by atoms with van der Waals surface area (Å²) < 4.78 is 5.63. The van der Waals surface area contributed by atoms with Crippen molar-refractivity contribution in [3.8, 4) is 11.1 Å². The number of carboxylic acids is 1. The quantitative estimate of drug-likeness (QED) is 0.651. The molecule has 0 radical (unpaired) electrons. The Morgan fingerprint density at radius 2 is 1.71 bits per heavy atom. The van der Waals surface area contributed by atoms with Crippen molar-refractivity contribution in [2.24, 2.45) is 17.8 Å². The smallest absolute Gasteiger partial charge is 0.407 e. The number of ether oxygens (including phenoxy) is 1. The summed E-state index contributed by atoms with van der Waals surface area (Å²) in [5.74, 6) is -1.08. The summed E-state index contributed by atoms with van der Waals surface area (Å²) in [5, 5.41) is 12.1. The van der Waals surface area contributed by atoms with Gasteiger partial charge in [0, 0.05) is 19.0 Å². The van der Waals surface area contributed by atoms with Gasteiger partial charge >= 0.3 is 12.1 Å². The van der Waals surface area contributed by atoms with Crippen LogP contribution in [0.1, 0.15) is 43.2 Å². The number of nitrogens with one attached hydrogen (secondary N) is 1. The summed E-state index contributed by atoms with van der Waals surface area (Å²) >= 11 is 0. The third-order valence-electron chi connectivity index (χ3n) is 7.60. The van der Waals surface area contributed by atoms with Crippen LogP contribution >= 0.6 is 0 Å². The van der Waals surface area contributed by atoms with Crippen LogP contribution < -0.4 is 5.32 Å². The molecule has 1 saturated carbocycles. The maximum Gasteiger partial charge on any atom is 0.407 e. The summed E-state index contributed by atoms with van der Waals surface area (Å²) in [6.07, 6.45) is 1.35. The Bertz CT molecular complexity index is 1070. The summed E-state index contributed by atoms with van der Waals surface area (Å²) in [5.41, 5.74) is 4.60. The van der Waals surface area contributed by atoms with Gasteiger partial charge in [-0.15, -0.1) is 0 Å². The number of carbonyl (C=O) groups is 3. The lowest BCUT2D eigenvalue weighted by molar-refractivity contribution is -0.139. The lowest BCUT2D eigenvalue weighted by Gasteiger charge is -2.30. The Balaban J connectivity index is 1.21. The number of amides is 2. The molecular formula is C27H30N2O5. The highest BCUT2D eigenvalue weighted by molar-refractivity contribution is 5.86. The lowest BCUT2D eigenvalue weighted by Crippen LogP contribution is -2.50. The van der Waals surface area contributed by atoms with Crippen LogP contribution in [-0.2, 0) is 14.3 Å². The molecule has 0 bridgehead atoms. The monoisotopic (exact) mass is 462 g/mol. The van der Waals surface area contributed by atoms with Crippen LogP contribution in [0, 0.1) is 17.8 Å². The van der Waals surface area contributed by atoms with E-state index in [2.05, 4.69) is 29.6 Å². The van der Waals surface area contributed by atoms with Crippen LogP contribution in [-0.4, -0.2) is 53.7 Å². The number of carboxylic acid groups (broad SMARTS) is 1. The molecule has 2 fully saturated rings. The van der Waals surface area contributed by atoms with Gasteiger partial charge in [-0.3, -0.25) is 9.59 Å². The van der Waals surface area contributed by atoms with E-state index < -0.39 is 18.1 Å². The van der Waals surface area contributed by atoms with E-state index in [1.807, 2.05) is 31.2 Å². The summed E-state index contributed by atoms with van der Waals surface area (Å²) in [6, 6.07) is 15.6. The topological polar surface area (TPSA) is 95.9 Å². The SMILES string of the molecule is CCC[C@@H](NC(=O)OCC1c2ccccc2-c2ccccc21)C(=O)N1CCC2C(C1)C2C(=O)O. The standard InChI is InChI=1S/C27H30N2O5/c1-2-7-23(25(30)29-13-12-20-21(14-29)24(20)26(31)32)28-27(33)34-15-22-18-10-5-3-8-16(18)17-9-4-6-11-19(17)22/h3-6,8-11,20-24H,2,7,12-15H2,1H3,(H,28,33)(H,31,32)/t20?,21?,23-,24?/m1/s1. The molecule has 0 aromatic heterocycles. The maximum absolute atomic E-state index is 13.2. The van der Waals surface area contributed by atoms with Crippen LogP contribution in [0.25, 0.3) is 11.1 Å². The van der Waals surface area contributed by atoms with E-state index in [-0.39, 0.29) is 36.2 Å². The minimum atomic E-state index is -0.772. The molecule has 3 unspecified atom stereocenters. The van der Waals surface area contributed by atoms with Crippen LogP contribution in [0.3, 0.4) is 0 Å². The zero-order valence-electron chi connectivity index (χ0n) is 19.3. The van der Waals surface area contributed by atoms with Crippen molar-refractivity contribution in [2.75, 3.05) is 19.7 Å². The largest absolute Gasteiger partial charge is 0.481 e. The number of alkyl carbamates (subject to hydrolysis) is 1. The molecule has 1 saturated heterocycles. The van der Waals surface area contributed by atoms with Crippen LogP contribution in [0.2, 0.25) is 0 Å². The predicted molar refractivity (Wildman–Crippen MR) is 126 cm³/mol. The van der Waals surface area contributed by atoms with E-state index in [1.165, 1.54) is 0 Å². The van der Waals surface area contributed by atoms with Gasteiger partial charge in [-0.1, -0.05) is 61.9 Å². The molecule has 2 aromatic rings. The number of rotatable bonds is 7. The molecule has 3 aliphatic rings. The molecule has 7 nitrogen and oxygen atoms in total. The number of nitrogens with zero attached hydrogens (tertiary/aromatic N) is 1. The molecule has 2 aromatic carbocycles. The van der Waals surface area contributed by atoms with Crippen LogP contribution in [0.4, 0.5) is 4.79 Å². The van der Waals surface area contributed by atoms with Crippen LogP contribution in [0.5, 0.6) is 0 Å². The molecule has 34 heavy (non-hydrogen) atoms. The number of carbonyl (C=O) groups excluding carboxylic acids is 2. The summed E-state index contributed by atoms with van der Waals surface area (Å²) in [4.78, 5) is 38.9. The van der Waals surface area contributed by atoms with Crippen LogP contribution in [0.15, 0.2) is 48.5 Å². The first-order valence-electron chi connectivity index (χ1n) is 12.1. The molecule has 178 valence electrons. The first kappa shape index (κ1) is 22.4. The number of piperidine rings is 1. The van der Waals surface area contributed by atoms with Gasteiger partial charge in [0.1, 0.15) is 12.6 Å². The Hall–Kier alpha value is -3.35. The minimum absolute atomic E-state index is 0.0342. The maximum atomic E-state index is 13.2. The average molecular weight is 463 g/mol. The van der Waals surface area contributed by atoms with Crippen molar-refractivity contribution >= 4 is 18.0 Å². The molecule has 5 rings (SSSR count). The van der Waals surface area contributed by atoms with Gasteiger partial charge < -0.3 is 20.1 Å². The molecule has 1 aliphatic heterocycles. The number of hydrogen-bond acceptors (Lipinski definition) is 4. The van der Waals surface area contributed by atoms with Gasteiger partial charge in [-0.25, -0.2) is 4.79 Å². The number of likely N-dealkylation sites (tertiary alicyclic amines) is 1. The molecule has 0 spiro atoms. The number of hydrogen-bond donors (Lipinski definition) is 2. The van der Waals surface area contributed by atoms with E-state index in [4.69, 9.17) is 4.74 Å². The second-order valence-corrected chi connectivity index (χ2v) is 9.58. The highest BCUT2D eigenvalue weighted by Crippen LogP contribution is 2.51. The lowest BCUT2D eigenvalue weighted by atomic mass is 9.98. The summed E-state index contributed by atoms with van der Waals surface area (Å²) in [6.45, 7) is 3.15. The van der Waals surface area contributed by atoms with Crippen molar-refractivity contribution in [3.63, 3.8) is 0 Å². The van der Waals surface area contributed by atoms with Crippen molar-refractivity contribution < 1.29 is 24.2 Å². The Morgan fingerprint density at radius 1 is 1.06 bits per heavy atom. The van der Waals surface area contributed by atoms with Gasteiger partial charge in [0.05, 0.1) is 5.92 Å². The van der Waals surface area contributed by atoms with E-state index in [1.54, 1.807) is 4.90 Å². The molecule has 1 heterocycles. The predicted octanol–water partition coefficient (Wildman–Crippen LogP) is 3.87. The Labute approximate surface area is 199 Å². The molecular weight excluding hydrogens is 432 g/mol. The molecule has 2 N–H and O–H groups in total. The van der Waals surface area contributed by atoms with Gasteiger partial charge in [0.25, 0.3) is 0 Å².